The minimum atomic E-state index is -0.439. The van der Waals surface area contributed by atoms with Crippen molar-refractivity contribution in [1.82, 2.24) is 19.9 Å². The standard InChI is InChI=1S/C21H24N4O4/c1-21(2,3)18-15(22-11-23-18)10-16-20(28)24-14(19(27)25-16)7-5-12-9-13(29-4)6-8-17(12)26/h6-11,26H,5H2,1-4H3,(H,22,23)(H,24,28)(H,25,27)/b14-7?,16-10-. The van der Waals surface area contributed by atoms with Gasteiger partial charge in [-0.15, -0.1) is 0 Å². The maximum Gasteiger partial charge on any atom is 0.272 e. The number of methoxy groups -OCH3 is 1. The van der Waals surface area contributed by atoms with E-state index in [9.17, 15) is 14.7 Å². The van der Waals surface area contributed by atoms with Crippen LogP contribution < -0.4 is 26.6 Å². The quantitative estimate of drug-likeness (QED) is 0.516. The molecule has 0 spiro atoms. The summed E-state index contributed by atoms with van der Waals surface area (Å²) in [5.74, 6) is 0.672. The number of hydrogen-bond acceptors (Lipinski definition) is 5. The molecule has 0 fully saturated rings. The first-order valence-corrected chi connectivity index (χ1v) is 9.13. The number of rotatable bonds is 4. The van der Waals surface area contributed by atoms with E-state index < -0.39 is 11.1 Å². The number of aromatic amines is 3. The lowest BCUT2D eigenvalue weighted by molar-refractivity contribution is 0.411. The molecule has 0 aliphatic carbocycles. The van der Waals surface area contributed by atoms with Crippen LogP contribution in [0.1, 0.15) is 37.7 Å². The van der Waals surface area contributed by atoms with E-state index in [1.807, 2.05) is 20.8 Å². The van der Waals surface area contributed by atoms with Gasteiger partial charge in [-0.05, 0) is 30.7 Å². The first-order valence-electron chi connectivity index (χ1n) is 9.13. The molecule has 29 heavy (non-hydrogen) atoms. The van der Waals surface area contributed by atoms with Crippen LogP contribution in [0.3, 0.4) is 0 Å². The lowest BCUT2D eigenvalue weighted by atomic mass is 9.90. The zero-order valence-electron chi connectivity index (χ0n) is 16.8. The highest BCUT2D eigenvalue weighted by Crippen LogP contribution is 2.24. The predicted octanol–water partition coefficient (Wildman–Crippen LogP) is 0.650. The van der Waals surface area contributed by atoms with Gasteiger partial charge in [0.1, 0.15) is 22.2 Å². The van der Waals surface area contributed by atoms with Gasteiger partial charge in [0.15, 0.2) is 0 Å². The third-order valence-corrected chi connectivity index (χ3v) is 4.50. The molecule has 8 heteroatoms. The van der Waals surface area contributed by atoms with Crippen molar-refractivity contribution in [1.29, 1.82) is 0 Å². The van der Waals surface area contributed by atoms with E-state index in [0.717, 1.165) is 5.69 Å². The van der Waals surface area contributed by atoms with Crippen molar-refractivity contribution in [3.05, 3.63) is 72.9 Å². The molecule has 8 nitrogen and oxygen atoms in total. The Morgan fingerprint density at radius 3 is 2.52 bits per heavy atom. The predicted molar refractivity (Wildman–Crippen MR) is 111 cm³/mol. The third kappa shape index (κ3) is 4.48. The highest BCUT2D eigenvalue weighted by Gasteiger charge is 2.19. The molecule has 152 valence electrons. The summed E-state index contributed by atoms with van der Waals surface area (Å²) in [6.07, 6.45) is 4.91. The number of ether oxygens (including phenoxy) is 1. The number of imidazole rings is 1. The van der Waals surface area contributed by atoms with Crippen molar-refractivity contribution in [3.63, 3.8) is 0 Å². The van der Waals surface area contributed by atoms with Crippen LogP contribution in [-0.2, 0) is 11.8 Å². The van der Waals surface area contributed by atoms with Gasteiger partial charge in [0.05, 0.1) is 19.1 Å². The Kier molecular flexibility index (Phi) is 5.45. The van der Waals surface area contributed by atoms with Gasteiger partial charge in [0, 0.05) is 16.7 Å². The minimum Gasteiger partial charge on any atom is -0.508 e. The highest BCUT2D eigenvalue weighted by molar-refractivity contribution is 5.48. The Morgan fingerprint density at radius 2 is 1.83 bits per heavy atom. The van der Waals surface area contributed by atoms with Gasteiger partial charge < -0.3 is 24.8 Å². The van der Waals surface area contributed by atoms with Gasteiger partial charge >= 0.3 is 0 Å². The molecule has 0 saturated heterocycles. The van der Waals surface area contributed by atoms with Crippen LogP contribution in [-0.4, -0.2) is 32.2 Å². The summed E-state index contributed by atoms with van der Waals surface area (Å²) in [4.78, 5) is 37.4. The second-order valence-corrected chi connectivity index (χ2v) is 7.70. The topological polar surface area (TPSA) is 124 Å². The Labute approximate surface area is 166 Å². The molecule has 4 N–H and O–H groups in total. The summed E-state index contributed by atoms with van der Waals surface area (Å²) >= 11 is 0. The number of aromatic nitrogens is 4. The van der Waals surface area contributed by atoms with Crippen LogP contribution in [0.15, 0.2) is 34.1 Å². The molecule has 3 aromatic rings. The molecule has 0 unspecified atom stereocenters. The maximum absolute atomic E-state index is 12.5. The van der Waals surface area contributed by atoms with Crippen molar-refractivity contribution in [2.24, 2.45) is 0 Å². The third-order valence-electron chi connectivity index (χ3n) is 4.50. The molecular weight excluding hydrogens is 372 g/mol. The van der Waals surface area contributed by atoms with E-state index in [2.05, 4.69) is 19.9 Å². The Hall–Kier alpha value is -3.55. The fourth-order valence-electron chi connectivity index (χ4n) is 2.95. The number of phenolic OH excluding ortho intramolecular Hbond substituents is 1. The summed E-state index contributed by atoms with van der Waals surface area (Å²) in [5.41, 5.74) is 0.965. The van der Waals surface area contributed by atoms with E-state index in [1.54, 1.807) is 30.6 Å². The van der Waals surface area contributed by atoms with Crippen molar-refractivity contribution < 1.29 is 9.84 Å². The summed E-state index contributed by atoms with van der Waals surface area (Å²) in [7, 11) is 1.53. The van der Waals surface area contributed by atoms with E-state index in [1.165, 1.54) is 13.2 Å². The first kappa shape index (κ1) is 20.2. The van der Waals surface area contributed by atoms with Crippen LogP contribution in [0.4, 0.5) is 0 Å². The molecule has 0 amide bonds. The van der Waals surface area contributed by atoms with Crippen molar-refractivity contribution in [3.8, 4) is 11.5 Å². The average molecular weight is 396 g/mol. The number of benzene rings is 1. The molecular formula is C21H24N4O4. The van der Waals surface area contributed by atoms with Gasteiger partial charge in [-0.1, -0.05) is 26.8 Å². The number of phenols is 1. The molecule has 0 saturated carbocycles. The fourth-order valence-corrected chi connectivity index (χ4v) is 2.95. The van der Waals surface area contributed by atoms with Crippen molar-refractivity contribution >= 4 is 12.2 Å². The number of nitrogens with zero attached hydrogens (tertiary/aromatic N) is 1. The van der Waals surface area contributed by atoms with Crippen LogP contribution in [0.25, 0.3) is 12.2 Å². The normalized spacial score (nSPS) is 13.1. The summed E-state index contributed by atoms with van der Waals surface area (Å²) < 4.78 is 5.14. The largest absolute Gasteiger partial charge is 0.508 e. The Morgan fingerprint density at radius 1 is 1.14 bits per heavy atom. The van der Waals surface area contributed by atoms with E-state index in [0.29, 0.717) is 17.0 Å². The summed E-state index contributed by atoms with van der Waals surface area (Å²) in [6.45, 7) is 6.07. The lowest BCUT2D eigenvalue weighted by Gasteiger charge is -2.16. The van der Waals surface area contributed by atoms with Crippen LogP contribution in [0.5, 0.6) is 11.5 Å². The zero-order chi connectivity index (χ0) is 21.2. The van der Waals surface area contributed by atoms with Crippen molar-refractivity contribution in [2.45, 2.75) is 32.6 Å². The van der Waals surface area contributed by atoms with Crippen LogP contribution >= 0.6 is 0 Å². The second-order valence-electron chi connectivity index (χ2n) is 7.70. The lowest BCUT2D eigenvalue weighted by Crippen LogP contribution is -2.46. The minimum absolute atomic E-state index is 0.0824. The van der Waals surface area contributed by atoms with E-state index in [4.69, 9.17) is 4.74 Å². The maximum atomic E-state index is 12.5. The molecule has 0 aliphatic rings. The second kappa shape index (κ2) is 7.83. The fraction of sp³-hybridized carbons (Fsp3) is 0.286. The summed E-state index contributed by atoms with van der Waals surface area (Å²) in [5, 5.41) is 10.2. The van der Waals surface area contributed by atoms with Gasteiger partial charge in [0.25, 0.3) is 11.1 Å². The first-order chi connectivity index (χ1) is 13.7. The molecule has 0 aliphatic heterocycles. The van der Waals surface area contributed by atoms with Gasteiger partial charge in [0.2, 0.25) is 0 Å². The van der Waals surface area contributed by atoms with Crippen LogP contribution in [0.2, 0.25) is 0 Å². The number of hydrogen-bond donors (Lipinski definition) is 4. The Balaban J connectivity index is 2.01. The number of H-pyrrole nitrogens is 3. The van der Waals surface area contributed by atoms with Gasteiger partial charge in [-0.3, -0.25) is 9.59 Å². The molecule has 0 atom stereocenters. The molecule has 3 rings (SSSR count). The molecule has 0 bridgehead atoms. The number of nitrogens with one attached hydrogen (secondary N) is 3. The van der Waals surface area contributed by atoms with E-state index >= 15 is 0 Å². The molecule has 0 radical (unpaired) electrons. The zero-order valence-corrected chi connectivity index (χ0v) is 16.8. The smallest absolute Gasteiger partial charge is 0.272 e. The molecule has 1 aromatic carbocycles. The van der Waals surface area contributed by atoms with Gasteiger partial charge in [-0.2, -0.15) is 0 Å². The van der Waals surface area contributed by atoms with Crippen molar-refractivity contribution in [2.75, 3.05) is 7.11 Å². The Bertz CT molecular complexity index is 1260. The monoisotopic (exact) mass is 396 g/mol. The SMILES string of the molecule is COc1ccc(O)c(CC=c2[nH]c(=O)/c(=C/c3nc[nH]c3C(C)(C)C)[nH]c2=O)c1. The van der Waals surface area contributed by atoms with Crippen LogP contribution in [0, 0.1) is 0 Å². The molecule has 2 heterocycles. The highest BCUT2D eigenvalue weighted by atomic mass is 16.5. The van der Waals surface area contributed by atoms with Gasteiger partial charge in [-0.25, -0.2) is 4.98 Å². The average Bonchev–Trinajstić information content (AvgIpc) is 3.13. The van der Waals surface area contributed by atoms with E-state index in [-0.39, 0.29) is 28.3 Å². The summed E-state index contributed by atoms with van der Waals surface area (Å²) in [6, 6.07) is 4.83. The molecule has 2 aromatic heterocycles. The number of aromatic hydroxyl groups is 1.